The molecular formula is C24H24N2O4S. The summed E-state index contributed by atoms with van der Waals surface area (Å²) in [4.78, 5) is 12.2. The fourth-order valence-electron chi connectivity index (χ4n) is 3.62. The standard InChI is InChI=1S/C24H24N2O4S/c1-18-5-4-6-19(15-18)16-25-24(27)17-30-21-9-11-22(12-10-21)31(28,29)26-14-13-20-7-2-3-8-23(20)26/h2-12,15H,13-14,16-17H2,1H3,(H,25,27). The number of anilines is 1. The zero-order chi connectivity index (χ0) is 21.8. The molecule has 0 saturated heterocycles. The number of hydrogen-bond donors (Lipinski definition) is 1. The van der Waals surface area contributed by atoms with E-state index in [-0.39, 0.29) is 17.4 Å². The van der Waals surface area contributed by atoms with Gasteiger partial charge in [-0.05, 0) is 54.8 Å². The van der Waals surface area contributed by atoms with Gasteiger partial charge >= 0.3 is 0 Å². The number of carbonyl (C=O) groups excluding carboxylic acids is 1. The second kappa shape index (κ2) is 8.81. The van der Waals surface area contributed by atoms with Gasteiger partial charge in [0.25, 0.3) is 15.9 Å². The van der Waals surface area contributed by atoms with E-state index in [1.54, 1.807) is 12.1 Å². The van der Waals surface area contributed by atoms with Gasteiger partial charge in [0.2, 0.25) is 0 Å². The van der Waals surface area contributed by atoms with Crippen LogP contribution in [0.25, 0.3) is 0 Å². The molecule has 1 amide bonds. The van der Waals surface area contributed by atoms with Crippen LogP contribution in [0.15, 0.2) is 77.7 Å². The Labute approximate surface area is 182 Å². The van der Waals surface area contributed by atoms with Crippen LogP contribution >= 0.6 is 0 Å². The second-order valence-corrected chi connectivity index (χ2v) is 9.34. The van der Waals surface area contributed by atoms with Gasteiger partial charge in [-0.1, -0.05) is 48.0 Å². The van der Waals surface area contributed by atoms with E-state index < -0.39 is 10.0 Å². The first kappa shape index (κ1) is 20.9. The summed E-state index contributed by atoms with van der Waals surface area (Å²) in [5.74, 6) is 0.193. The number of para-hydroxylation sites is 1. The van der Waals surface area contributed by atoms with Gasteiger partial charge in [-0.2, -0.15) is 0 Å². The Kier molecular flexibility index (Phi) is 5.95. The average Bonchev–Trinajstić information content (AvgIpc) is 3.22. The molecule has 0 radical (unpaired) electrons. The molecule has 4 rings (SSSR count). The molecule has 3 aromatic carbocycles. The van der Waals surface area contributed by atoms with E-state index in [1.165, 1.54) is 16.4 Å². The van der Waals surface area contributed by atoms with Crippen molar-refractivity contribution in [3.8, 4) is 5.75 Å². The number of amides is 1. The number of aryl methyl sites for hydroxylation is 1. The van der Waals surface area contributed by atoms with E-state index in [2.05, 4.69) is 5.32 Å². The summed E-state index contributed by atoms with van der Waals surface area (Å²) in [5, 5.41) is 2.81. The molecule has 1 heterocycles. The molecule has 6 nitrogen and oxygen atoms in total. The first-order chi connectivity index (χ1) is 14.9. The number of hydrogen-bond acceptors (Lipinski definition) is 4. The van der Waals surface area contributed by atoms with E-state index >= 15 is 0 Å². The number of ether oxygens (including phenoxy) is 1. The fourth-order valence-corrected chi connectivity index (χ4v) is 5.12. The molecule has 7 heteroatoms. The fraction of sp³-hybridized carbons (Fsp3) is 0.208. The monoisotopic (exact) mass is 436 g/mol. The number of benzene rings is 3. The van der Waals surface area contributed by atoms with Crippen LogP contribution in [0.4, 0.5) is 5.69 Å². The molecule has 0 aliphatic carbocycles. The Balaban J connectivity index is 1.34. The highest BCUT2D eigenvalue weighted by atomic mass is 32.2. The SMILES string of the molecule is Cc1cccc(CNC(=O)COc2ccc(S(=O)(=O)N3CCc4ccccc43)cc2)c1. The van der Waals surface area contributed by atoms with Crippen LogP contribution in [0.2, 0.25) is 0 Å². The van der Waals surface area contributed by atoms with Gasteiger partial charge in [-0.3, -0.25) is 9.10 Å². The lowest BCUT2D eigenvalue weighted by Gasteiger charge is -2.19. The Morgan fingerprint density at radius 3 is 2.58 bits per heavy atom. The molecule has 1 aliphatic rings. The van der Waals surface area contributed by atoms with Crippen molar-refractivity contribution in [2.45, 2.75) is 24.8 Å². The van der Waals surface area contributed by atoms with Crippen molar-refractivity contribution in [2.75, 3.05) is 17.5 Å². The van der Waals surface area contributed by atoms with Crippen LogP contribution in [0, 0.1) is 6.92 Å². The molecule has 0 spiro atoms. The first-order valence-electron chi connectivity index (χ1n) is 10.1. The summed E-state index contributed by atoms with van der Waals surface area (Å²) in [6.07, 6.45) is 0.703. The first-order valence-corrected chi connectivity index (χ1v) is 11.5. The number of nitrogens with one attached hydrogen (secondary N) is 1. The third-order valence-electron chi connectivity index (χ3n) is 5.20. The zero-order valence-electron chi connectivity index (χ0n) is 17.2. The lowest BCUT2D eigenvalue weighted by atomic mass is 10.1. The Bertz CT molecular complexity index is 1190. The topological polar surface area (TPSA) is 75.7 Å². The maximum atomic E-state index is 13.0. The zero-order valence-corrected chi connectivity index (χ0v) is 18.1. The minimum absolute atomic E-state index is 0.141. The van der Waals surface area contributed by atoms with Crippen LogP contribution in [0.1, 0.15) is 16.7 Å². The molecule has 0 bridgehead atoms. The summed E-state index contributed by atoms with van der Waals surface area (Å²) in [6, 6.07) is 21.6. The molecule has 0 aromatic heterocycles. The number of sulfonamides is 1. The minimum atomic E-state index is -3.64. The minimum Gasteiger partial charge on any atom is -0.484 e. The normalized spacial score (nSPS) is 13.0. The highest BCUT2D eigenvalue weighted by Gasteiger charge is 2.30. The van der Waals surface area contributed by atoms with Crippen LogP contribution in [0.5, 0.6) is 5.75 Å². The summed E-state index contributed by atoms with van der Waals surface area (Å²) in [6.45, 7) is 2.72. The molecule has 3 aromatic rings. The van der Waals surface area contributed by atoms with E-state index in [0.29, 0.717) is 25.3 Å². The van der Waals surface area contributed by atoms with Gasteiger partial charge in [0.15, 0.2) is 6.61 Å². The molecule has 160 valence electrons. The lowest BCUT2D eigenvalue weighted by Crippen LogP contribution is -2.29. The van der Waals surface area contributed by atoms with Crippen molar-refractivity contribution in [2.24, 2.45) is 0 Å². The third kappa shape index (κ3) is 4.72. The Morgan fingerprint density at radius 1 is 1.03 bits per heavy atom. The molecule has 31 heavy (non-hydrogen) atoms. The average molecular weight is 437 g/mol. The Morgan fingerprint density at radius 2 is 1.81 bits per heavy atom. The van der Waals surface area contributed by atoms with Crippen LogP contribution < -0.4 is 14.4 Å². The number of rotatable bonds is 7. The van der Waals surface area contributed by atoms with Crippen molar-refractivity contribution < 1.29 is 17.9 Å². The largest absolute Gasteiger partial charge is 0.484 e. The summed E-state index contributed by atoms with van der Waals surface area (Å²) < 4.78 is 33.0. The molecule has 1 N–H and O–H groups in total. The van der Waals surface area contributed by atoms with E-state index in [9.17, 15) is 13.2 Å². The summed E-state index contributed by atoms with van der Waals surface area (Å²) in [7, 11) is -3.64. The number of carbonyl (C=O) groups is 1. The second-order valence-electron chi connectivity index (χ2n) is 7.48. The van der Waals surface area contributed by atoms with E-state index in [0.717, 1.165) is 22.4 Å². The summed E-state index contributed by atoms with van der Waals surface area (Å²) >= 11 is 0. The van der Waals surface area contributed by atoms with Gasteiger partial charge < -0.3 is 10.1 Å². The molecule has 0 unspecified atom stereocenters. The predicted octanol–water partition coefficient (Wildman–Crippen LogP) is 3.44. The predicted molar refractivity (Wildman–Crippen MR) is 120 cm³/mol. The molecule has 1 aliphatic heterocycles. The van der Waals surface area contributed by atoms with Gasteiger partial charge in [-0.25, -0.2) is 8.42 Å². The van der Waals surface area contributed by atoms with Crippen molar-refractivity contribution in [1.29, 1.82) is 0 Å². The molecule has 0 saturated carbocycles. The van der Waals surface area contributed by atoms with Crippen LogP contribution in [0.3, 0.4) is 0 Å². The van der Waals surface area contributed by atoms with E-state index in [1.807, 2.05) is 55.5 Å². The van der Waals surface area contributed by atoms with Gasteiger partial charge in [0.05, 0.1) is 10.6 Å². The van der Waals surface area contributed by atoms with Gasteiger partial charge in [0.1, 0.15) is 5.75 Å². The summed E-state index contributed by atoms with van der Waals surface area (Å²) in [5.41, 5.74) is 3.91. The maximum Gasteiger partial charge on any atom is 0.264 e. The number of nitrogens with zero attached hydrogens (tertiary/aromatic N) is 1. The Hall–Kier alpha value is -3.32. The van der Waals surface area contributed by atoms with Crippen molar-refractivity contribution >= 4 is 21.6 Å². The van der Waals surface area contributed by atoms with Crippen molar-refractivity contribution in [3.63, 3.8) is 0 Å². The lowest BCUT2D eigenvalue weighted by molar-refractivity contribution is -0.123. The molecular weight excluding hydrogens is 412 g/mol. The number of fused-ring (bicyclic) bond motifs is 1. The van der Waals surface area contributed by atoms with Gasteiger partial charge in [0, 0.05) is 13.1 Å². The molecule has 0 atom stereocenters. The van der Waals surface area contributed by atoms with Crippen molar-refractivity contribution in [3.05, 3.63) is 89.5 Å². The highest BCUT2D eigenvalue weighted by molar-refractivity contribution is 7.92. The van der Waals surface area contributed by atoms with Crippen molar-refractivity contribution in [1.82, 2.24) is 5.32 Å². The smallest absolute Gasteiger partial charge is 0.264 e. The van der Waals surface area contributed by atoms with Crippen LogP contribution in [-0.2, 0) is 27.8 Å². The third-order valence-corrected chi connectivity index (χ3v) is 7.03. The van der Waals surface area contributed by atoms with E-state index in [4.69, 9.17) is 4.74 Å². The maximum absolute atomic E-state index is 13.0. The molecule has 0 fully saturated rings. The highest BCUT2D eigenvalue weighted by Crippen LogP contribution is 2.32. The quantitative estimate of drug-likeness (QED) is 0.616. The van der Waals surface area contributed by atoms with Gasteiger partial charge in [-0.15, -0.1) is 0 Å². The van der Waals surface area contributed by atoms with Crippen LogP contribution in [-0.4, -0.2) is 27.5 Å².